The Morgan fingerprint density at radius 3 is 2.50 bits per heavy atom. The lowest BCUT2D eigenvalue weighted by Crippen LogP contribution is -2.39. The molecule has 3 N–H and O–H groups in total. The zero-order valence-corrected chi connectivity index (χ0v) is 37.0. The van der Waals surface area contributed by atoms with Crippen molar-refractivity contribution in [2.24, 2.45) is 0 Å². The molecule has 1 atom stereocenters. The van der Waals surface area contributed by atoms with Crippen molar-refractivity contribution in [1.82, 2.24) is 24.6 Å². The molecule has 19 heteroatoms. The highest BCUT2D eigenvalue weighted by Gasteiger charge is 2.27. The van der Waals surface area contributed by atoms with Gasteiger partial charge >= 0.3 is 0 Å². The second-order valence-electron chi connectivity index (χ2n) is 14.9. The second-order valence-corrected chi connectivity index (χ2v) is 20.7. The van der Waals surface area contributed by atoms with Crippen molar-refractivity contribution in [3.8, 4) is 0 Å². The van der Waals surface area contributed by atoms with Crippen molar-refractivity contribution in [2.75, 3.05) is 66.9 Å². The summed E-state index contributed by atoms with van der Waals surface area (Å²) in [6.07, 6.45) is 5.64. The van der Waals surface area contributed by atoms with E-state index in [1.54, 1.807) is 42.4 Å². The summed E-state index contributed by atoms with van der Waals surface area (Å²) in [5, 5.41) is 6.77. The van der Waals surface area contributed by atoms with E-state index in [1.807, 2.05) is 53.4 Å². The highest BCUT2D eigenvalue weighted by atomic mass is 32.2. The number of carbonyl (C=O) groups excluding carboxylic acids is 2. The van der Waals surface area contributed by atoms with Crippen LogP contribution >= 0.6 is 23.1 Å². The SMILES string of the molecule is CS(=O)(=O)c1cc(S(=O)(=O)NC(=O)c2cccc(N3CCc4cccc(C(=O)Nc5nc6cnccc6s5)c4C3)n2)ccc1N[C@H](CCN1CCOCC1)CSc1ccccc1. The smallest absolute Gasteiger partial charge is 0.283 e. The lowest BCUT2D eigenvalue weighted by Gasteiger charge is -2.31. The number of nitrogens with zero attached hydrogens (tertiary/aromatic N) is 5. The van der Waals surface area contributed by atoms with E-state index in [1.165, 1.54) is 29.5 Å². The normalized spacial score (nSPS) is 15.1. The van der Waals surface area contributed by atoms with Gasteiger partial charge in [-0.05, 0) is 78.6 Å². The number of rotatable bonds is 15. The number of hydrogen-bond acceptors (Lipinski definition) is 15. The van der Waals surface area contributed by atoms with E-state index in [0.717, 1.165) is 52.7 Å². The Morgan fingerprint density at radius 1 is 0.903 bits per heavy atom. The number of amides is 2. The van der Waals surface area contributed by atoms with Crippen molar-refractivity contribution in [2.45, 2.75) is 40.1 Å². The third kappa shape index (κ3) is 10.4. The van der Waals surface area contributed by atoms with Gasteiger partial charge in [0, 0.05) is 67.4 Å². The van der Waals surface area contributed by atoms with E-state index in [9.17, 15) is 26.4 Å². The predicted octanol–water partition coefficient (Wildman–Crippen LogP) is 5.72. The molecule has 62 heavy (non-hydrogen) atoms. The molecule has 15 nitrogen and oxygen atoms in total. The Balaban J connectivity index is 0.965. The molecule has 0 spiro atoms. The fourth-order valence-electron chi connectivity index (χ4n) is 7.34. The van der Waals surface area contributed by atoms with E-state index in [2.05, 4.69) is 35.2 Å². The van der Waals surface area contributed by atoms with Gasteiger partial charge in [-0.15, -0.1) is 11.8 Å². The van der Waals surface area contributed by atoms with Crippen molar-refractivity contribution in [1.29, 1.82) is 0 Å². The Bertz CT molecular complexity index is 2790. The number of aromatic nitrogens is 3. The molecule has 0 bridgehead atoms. The quantitative estimate of drug-likeness (QED) is 0.106. The van der Waals surface area contributed by atoms with E-state index < -0.39 is 30.7 Å². The number of ether oxygens (including phenoxy) is 1. The van der Waals surface area contributed by atoms with Gasteiger partial charge in [-0.1, -0.05) is 47.7 Å². The summed E-state index contributed by atoms with van der Waals surface area (Å²) in [5.74, 6) is -0.253. The van der Waals surface area contributed by atoms with Crippen molar-refractivity contribution in [3.05, 3.63) is 126 Å². The number of carbonyl (C=O) groups is 2. The number of benzene rings is 3. The maximum Gasteiger partial charge on any atom is 0.283 e. The van der Waals surface area contributed by atoms with Gasteiger partial charge in [-0.25, -0.2) is 31.5 Å². The number of sulfone groups is 1. The second kappa shape index (κ2) is 18.9. The average Bonchev–Trinajstić information content (AvgIpc) is 3.69. The monoisotopic (exact) mass is 912 g/mol. The van der Waals surface area contributed by atoms with Gasteiger partial charge in [0.1, 0.15) is 17.0 Å². The zero-order valence-electron chi connectivity index (χ0n) is 33.7. The lowest BCUT2D eigenvalue weighted by atomic mass is 9.94. The summed E-state index contributed by atoms with van der Waals surface area (Å²) in [7, 11) is -8.49. The lowest BCUT2D eigenvalue weighted by molar-refractivity contribution is 0.0370. The zero-order chi connectivity index (χ0) is 43.3. The van der Waals surface area contributed by atoms with Crippen LogP contribution in [0, 0.1) is 0 Å². The van der Waals surface area contributed by atoms with Crippen molar-refractivity contribution in [3.63, 3.8) is 0 Å². The molecule has 3 aromatic heterocycles. The summed E-state index contributed by atoms with van der Waals surface area (Å²) in [4.78, 5) is 44.9. The molecule has 0 saturated carbocycles. The van der Waals surface area contributed by atoms with Gasteiger partial charge in [0.25, 0.3) is 21.8 Å². The van der Waals surface area contributed by atoms with Gasteiger partial charge in [-0.3, -0.25) is 24.8 Å². The van der Waals surface area contributed by atoms with Crippen LogP contribution < -0.4 is 20.3 Å². The molecule has 6 aromatic rings. The minimum Gasteiger partial charge on any atom is -0.380 e. The van der Waals surface area contributed by atoms with Crippen LogP contribution in [0.5, 0.6) is 0 Å². The van der Waals surface area contributed by atoms with Gasteiger partial charge < -0.3 is 15.0 Å². The van der Waals surface area contributed by atoms with Crippen LogP contribution in [-0.2, 0) is 37.6 Å². The molecule has 322 valence electrons. The van der Waals surface area contributed by atoms with Gasteiger partial charge in [-0.2, -0.15) is 0 Å². The Labute approximate surface area is 368 Å². The van der Waals surface area contributed by atoms with Gasteiger partial charge in [0.15, 0.2) is 15.0 Å². The highest BCUT2D eigenvalue weighted by molar-refractivity contribution is 7.99. The van der Waals surface area contributed by atoms with Gasteiger partial charge in [0.05, 0.1) is 39.6 Å². The van der Waals surface area contributed by atoms with Crippen LogP contribution in [0.15, 0.2) is 118 Å². The Kier molecular flexibility index (Phi) is 13.2. The standard InChI is InChI=1S/C43H44N8O7S4/c1-61(54,55)39-25-32(13-14-35(39)45-30(17-19-50-21-23-58-24-22-50)28-59-31-8-3-2-4-9-31)62(56,57)49-42(53)36-11-6-12-40(46-36)51-20-16-29-7-5-10-33(34(29)27-51)41(52)48-43-47-37-26-44-18-15-38(37)60-43/h2-15,18,25-26,30,45H,16-17,19-24,27-28H2,1H3,(H,49,53)(H,47,48,52)/t30-/m1/s1. The molecule has 0 radical (unpaired) electrons. The molecule has 2 amide bonds. The molecule has 1 fully saturated rings. The van der Waals surface area contributed by atoms with Crippen LogP contribution in [0.1, 0.15) is 38.4 Å². The number of thiazole rings is 1. The molecule has 8 rings (SSSR count). The Morgan fingerprint density at radius 2 is 1.71 bits per heavy atom. The first-order valence-corrected chi connectivity index (χ1v) is 25.1. The maximum atomic E-state index is 13.7. The molecule has 1 saturated heterocycles. The number of pyridine rings is 2. The van der Waals surface area contributed by atoms with Crippen molar-refractivity contribution < 1.29 is 31.2 Å². The van der Waals surface area contributed by atoms with Crippen LogP contribution in [0.4, 0.5) is 16.6 Å². The molecule has 3 aromatic carbocycles. The first kappa shape index (κ1) is 43.2. The summed E-state index contributed by atoms with van der Waals surface area (Å²) < 4.78 is 62.3. The average molecular weight is 913 g/mol. The number of fused-ring (bicyclic) bond motifs is 2. The molecular weight excluding hydrogens is 869 g/mol. The molecule has 0 aliphatic carbocycles. The fraction of sp³-hybridized carbons (Fsp3) is 0.279. The molecule has 0 unspecified atom stereocenters. The minimum absolute atomic E-state index is 0.158. The minimum atomic E-state index is -4.55. The molecule has 5 heterocycles. The highest BCUT2D eigenvalue weighted by Crippen LogP contribution is 2.31. The first-order chi connectivity index (χ1) is 29.9. The molecular formula is C43H44N8O7S4. The number of morpholine rings is 1. The number of hydrogen-bond donors (Lipinski definition) is 3. The number of anilines is 3. The Hall–Kier alpha value is -5.44. The van der Waals surface area contributed by atoms with Crippen LogP contribution in [-0.4, -0.2) is 106 Å². The predicted molar refractivity (Wildman–Crippen MR) is 241 cm³/mol. The van der Waals surface area contributed by atoms with E-state index >= 15 is 0 Å². The summed E-state index contributed by atoms with van der Waals surface area (Å²) in [5.41, 5.74) is 3.09. The fourth-order valence-corrected chi connectivity index (χ4v) is 11.1. The largest absolute Gasteiger partial charge is 0.380 e. The topological polar surface area (TPSA) is 193 Å². The van der Waals surface area contributed by atoms with E-state index in [4.69, 9.17) is 4.74 Å². The molecule has 2 aliphatic heterocycles. The third-order valence-corrected chi connectivity index (χ3v) is 15.2. The number of sulfonamides is 1. The first-order valence-electron chi connectivity index (χ1n) is 19.9. The molecule has 2 aliphatic rings. The van der Waals surface area contributed by atoms with E-state index in [0.29, 0.717) is 66.9 Å². The van der Waals surface area contributed by atoms with Crippen LogP contribution in [0.2, 0.25) is 0 Å². The third-order valence-electron chi connectivity index (χ3n) is 10.6. The van der Waals surface area contributed by atoms with Crippen LogP contribution in [0.25, 0.3) is 10.2 Å². The van der Waals surface area contributed by atoms with Gasteiger partial charge in [0.2, 0.25) is 0 Å². The summed E-state index contributed by atoms with van der Waals surface area (Å²) in [6, 6.07) is 25.7. The van der Waals surface area contributed by atoms with Crippen LogP contribution in [0.3, 0.4) is 0 Å². The number of nitrogens with one attached hydrogen (secondary N) is 3. The summed E-state index contributed by atoms with van der Waals surface area (Å²) in [6.45, 7) is 4.55. The van der Waals surface area contributed by atoms with Crippen molar-refractivity contribution >= 4 is 81.6 Å². The maximum absolute atomic E-state index is 13.7. The van der Waals surface area contributed by atoms with E-state index in [-0.39, 0.29) is 28.2 Å². The summed E-state index contributed by atoms with van der Waals surface area (Å²) >= 11 is 3.00. The number of thioether (sulfide) groups is 1.